The standard InChI is InChI=1S/C14H20/c1-3-5-6-8-14-11-9-13(7-4-2)10-12-14/h3,5,9-12H,4,6-8H2,1-2H3/b5-3+. The van der Waals surface area contributed by atoms with E-state index in [-0.39, 0.29) is 0 Å². The number of hydrogen-bond acceptors (Lipinski definition) is 0. The molecule has 0 aromatic heterocycles. The van der Waals surface area contributed by atoms with Gasteiger partial charge in [-0.05, 0) is 37.3 Å². The van der Waals surface area contributed by atoms with Gasteiger partial charge in [0.1, 0.15) is 0 Å². The molecule has 0 aliphatic rings. The SMILES string of the molecule is C/C=C/CCc1ccc(CCC)cc1. The molecule has 0 heteroatoms. The van der Waals surface area contributed by atoms with E-state index in [2.05, 4.69) is 50.3 Å². The fraction of sp³-hybridized carbons (Fsp3) is 0.429. The van der Waals surface area contributed by atoms with Crippen molar-refractivity contribution in [3.63, 3.8) is 0 Å². The van der Waals surface area contributed by atoms with Gasteiger partial charge in [0.25, 0.3) is 0 Å². The van der Waals surface area contributed by atoms with Crippen molar-refractivity contribution in [2.24, 2.45) is 0 Å². The Morgan fingerprint density at radius 1 is 1.00 bits per heavy atom. The number of benzene rings is 1. The molecule has 0 nitrogen and oxygen atoms in total. The van der Waals surface area contributed by atoms with E-state index >= 15 is 0 Å². The molecule has 0 amide bonds. The molecule has 0 spiro atoms. The molecule has 0 aliphatic carbocycles. The van der Waals surface area contributed by atoms with Gasteiger partial charge in [-0.3, -0.25) is 0 Å². The second kappa shape index (κ2) is 6.42. The molecule has 1 aromatic rings. The third kappa shape index (κ3) is 3.78. The highest BCUT2D eigenvalue weighted by atomic mass is 14.0. The van der Waals surface area contributed by atoms with Crippen molar-refractivity contribution in [3.05, 3.63) is 47.5 Å². The number of hydrogen-bond donors (Lipinski definition) is 0. The molecule has 14 heavy (non-hydrogen) atoms. The Hall–Kier alpha value is -1.04. The van der Waals surface area contributed by atoms with E-state index in [1.165, 1.54) is 24.0 Å². The lowest BCUT2D eigenvalue weighted by Gasteiger charge is -2.01. The van der Waals surface area contributed by atoms with Gasteiger partial charge in [0, 0.05) is 0 Å². The highest BCUT2D eigenvalue weighted by Crippen LogP contribution is 2.08. The van der Waals surface area contributed by atoms with E-state index in [4.69, 9.17) is 0 Å². The molecule has 0 saturated heterocycles. The molecule has 0 aliphatic heterocycles. The second-order valence-electron chi connectivity index (χ2n) is 3.67. The summed E-state index contributed by atoms with van der Waals surface area (Å²) in [5.41, 5.74) is 2.91. The summed E-state index contributed by atoms with van der Waals surface area (Å²) >= 11 is 0. The zero-order valence-corrected chi connectivity index (χ0v) is 9.29. The first kappa shape index (κ1) is 11.0. The lowest BCUT2D eigenvalue weighted by molar-refractivity contribution is 0.917. The van der Waals surface area contributed by atoms with E-state index in [1.807, 2.05) is 0 Å². The van der Waals surface area contributed by atoms with Crippen LogP contribution in [-0.4, -0.2) is 0 Å². The third-order valence-electron chi connectivity index (χ3n) is 2.40. The van der Waals surface area contributed by atoms with E-state index in [0.29, 0.717) is 0 Å². The van der Waals surface area contributed by atoms with Crippen molar-refractivity contribution in [2.75, 3.05) is 0 Å². The van der Waals surface area contributed by atoms with Crippen LogP contribution in [0.15, 0.2) is 36.4 Å². The van der Waals surface area contributed by atoms with Gasteiger partial charge >= 0.3 is 0 Å². The van der Waals surface area contributed by atoms with Crippen LogP contribution in [0.4, 0.5) is 0 Å². The maximum absolute atomic E-state index is 2.26. The summed E-state index contributed by atoms with van der Waals surface area (Å²) in [5.74, 6) is 0. The monoisotopic (exact) mass is 188 g/mol. The van der Waals surface area contributed by atoms with Gasteiger partial charge in [0.2, 0.25) is 0 Å². The minimum atomic E-state index is 1.16. The molecule has 0 unspecified atom stereocenters. The highest BCUT2D eigenvalue weighted by Gasteiger charge is 1.92. The average Bonchev–Trinajstić information content (AvgIpc) is 2.21. The van der Waals surface area contributed by atoms with Crippen LogP contribution >= 0.6 is 0 Å². The summed E-state index contributed by atoms with van der Waals surface area (Å²) in [6.07, 6.45) is 9.10. The second-order valence-corrected chi connectivity index (χ2v) is 3.67. The van der Waals surface area contributed by atoms with Crippen LogP contribution in [0, 0.1) is 0 Å². The minimum absolute atomic E-state index is 1.16. The van der Waals surface area contributed by atoms with Gasteiger partial charge in [0.05, 0.1) is 0 Å². The molecule has 1 rings (SSSR count). The fourth-order valence-electron chi connectivity index (χ4n) is 1.58. The molecule has 0 saturated carbocycles. The van der Waals surface area contributed by atoms with Gasteiger partial charge in [-0.2, -0.15) is 0 Å². The molecular weight excluding hydrogens is 168 g/mol. The van der Waals surface area contributed by atoms with Crippen LogP contribution in [0.3, 0.4) is 0 Å². The lowest BCUT2D eigenvalue weighted by Crippen LogP contribution is -1.86. The molecule has 0 N–H and O–H groups in total. The lowest BCUT2D eigenvalue weighted by atomic mass is 10.0. The van der Waals surface area contributed by atoms with Crippen molar-refractivity contribution in [2.45, 2.75) is 39.5 Å². The molecule has 0 heterocycles. The van der Waals surface area contributed by atoms with Crippen molar-refractivity contribution in [3.8, 4) is 0 Å². The molecule has 0 radical (unpaired) electrons. The molecule has 0 bridgehead atoms. The minimum Gasteiger partial charge on any atom is -0.0917 e. The summed E-state index contributed by atoms with van der Waals surface area (Å²) < 4.78 is 0. The molecule has 0 atom stereocenters. The normalized spacial score (nSPS) is 11.0. The van der Waals surface area contributed by atoms with E-state index in [9.17, 15) is 0 Å². The number of allylic oxidation sites excluding steroid dienone is 2. The fourth-order valence-corrected chi connectivity index (χ4v) is 1.58. The Kier molecular flexibility index (Phi) is 5.06. The zero-order chi connectivity index (χ0) is 10.2. The number of aryl methyl sites for hydroxylation is 2. The van der Waals surface area contributed by atoms with Gasteiger partial charge in [0.15, 0.2) is 0 Å². The van der Waals surface area contributed by atoms with Crippen LogP contribution in [0.5, 0.6) is 0 Å². The third-order valence-corrected chi connectivity index (χ3v) is 2.40. The quantitative estimate of drug-likeness (QED) is 0.609. The predicted octanol–water partition coefficient (Wildman–Crippen LogP) is 4.15. The number of rotatable bonds is 5. The van der Waals surface area contributed by atoms with Gasteiger partial charge in [-0.15, -0.1) is 0 Å². The zero-order valence-electron chi connectivity index (χ0n) is 9.29. The van der Waals surface area contributed by atoms with Crippen molar-refractivity contribution in [1.82, 2.24) is 0 Å². The summed E-state index contributed by atoms with van der Waals surface area (Å²) in [7, 11) is 0. The van der Waals surface area contributed by atoms with Gasteiger partial charge in [-0.25, -0.2) is 0 Å². The Labute approximate surface area is 87.7 Å². The molecule has 76 valence electrons. The van der Waals surface area contributed by atoms with Crippen LogP contribution in [0.1, 0.15) is 37.8 Å². The van der Waals surface area contributed by atoms with Crippen molar-refractivity contribution >= 4 is 0 Å². The van der Waals surface area contributed by atoms with Crippen LogP contribution < -0.4 is 0 Å². The Morgan fingerprint density at radius 2 is 1.57 bits per heavy atom. The smallest absolute Gasteiger partial charge is 0.0244 e. The maximum Gasteiger partial charge on any atom is -0.0244 e. The van der Waals surface area contributed by atoms with E-state index < -0.39 is 0 Å². The Balaban J connectivity index is 2.46. The van der Waals surface area contributed by atoms with E-state index in [0.717, 1.165) is 12.8 Å². The van der Waals surface area contributed by atoms with E-state index in [1.54, 1.807) is 0 Å². The highest BCUT2D eigenvalue weighted by molar-refractivity contribution is 5.22. The van der Waals surface area contributed by atoms with Crippen LogP contribution in [0.2, 0.25) is 0 Å². The van der Waals surface area contributed by atoms with Crippen molar-refractivity contribution < 1.29 is 0 Å². The summed E-state index contributed by atoms with van der Waals surface area (Å²) in [4.78, 5) is 0. The Bertz CT molecular complexity index is 267. The summed E-state index contributed by atoms with van der Waals surface area (Å²) in [6, 6.07) is 9.03. The molecular formula is C14H20. The topological polar surface area (TPSA) is 0 Å². The maximum atomic E-state index is 2.26. The first-order valence-electron chi connectivity index (χ1n) is 5.55. The summed E-state index contributed by atoms with van der Waals surface area (Å²) in [6.45, 7) is 4.30. The first-order valence-corrected chi connectivity index (χ1v) is 5.55. The molecule has 1 aromatic carbocycles. The van der Waals surface area contributed by atoms with Gasteiger partial charge < -0.3 is 0 Å². The van der Waals surface area contributed by atoms with Crippen LogP contribution in [0.25, 0.3) is 0 Å². The van der Waals surface area contributed by atoms with Gasteiger partial charge in [-0.1, -0.05) is 49.8 Å². The van der Waals surface area contributed by atoms with Crippen LogP contribution in [-0.2, 0) is 12.8 Å². The average molecular weight is 188 g/mol. The largest absolute Gasteiger partial charge is 0.0917 e. The predicted molar refractivity (Wildman–Crippen MR) is 63.6 cm³/mol. The first-order chi connectivity index (χ1) is 6.86. The summed E-state index contributed by atoms with van der Waals surface area (Å²) in [5, 5.41) is 0. The Morgan fingerprint density at radius 3 is 2.07 bits per heavy atom. The van der Waals surface area contributed by atoms with Crippen molar-refractivity contribution in [1.29, 1.82) is 0 Å². The molecule has 0 fully saturated rings.